The minimum absolute atomic E-state index is 0. The summed E-state index contributed by atoms with van der Waals surface area (Å²) in [5, 5.41) is 3.30. The molecule has 3 rings (SSSR count). The van der Waals surface area contributed by atoms with Crippen LogP contribution < -0.4 is 10.9 Å². The Morgan fingerprint density at radius 3 is 2.57 bits per heavy atom. The molecule has 0 radical (unpaired) electrons. The molecule has 2 N–H and O–H groups in total. The fraction of sp³-hybridized carbons (Fsp3) is 0.474. The molecule has 154 valence electrons. The van der Waals surface area contributed by atoms with E-state index in [0.29, 0.717) is 23.6 Å². The molecule has 9 heteroatoms. The van der Waals surface area contributed by atoms with E-state index in [9.17, 15) is 9.59 Å². The van der Waals surface area contributed by atoms with Gasteiger partial charge >= 0.3 is 0 Å². The number of halogens is 2. The maximum absolute atomic E-state index is 12.9. The number of rotatable bonds is 6. The normalized spacial score (nSPS) is 15.4. The topological polar surface area (TPSA) is 91.0 Å². The summed E-state index contributed by atoms with van der Waals surface area (Å²) in [6, 6.07) is 3.79. The number of aromatic amines is 1. The number of carbonyl (C=O) groups excluding carboxylic acids is 1. The minimum atomic E-state index is -0.251. The van der Waals surface area contributed by atoms with E-state index in [1.165, 1.54) is 0 Å². The zero-order valence-corrected chi connectivity index (χ0v) is 17.7. The number of H-pyrrole nitrogens is 1. The van der Waals surface area contributed by atoms with Crippen molar-refractivity contribution in [2.75, 3.05) is 19.6 Å². The van der Waals surface area contributed by atoms with Crippen LogP contribution in [0.25, 0.3) is 11.4 Å². The lowest BCUT2D eigenvalue weighted by molar-refractivity contribution is -0.132. The number of nitrogens with zero attached hydrogens (tertiary/aromatic N) is 3. The largest absolute Gasteiger partial charge is 0.338 e. The molecule has 0 bridgehead atoms. The lowest BCUT2D eigenvalue weighted by Gasteiger charge is -2.28. The monoisotopic (exact) mass is 427 g/mol. The fourth-order valence-corrected chi connectivity index (χ4v) is 3.38. The standard InChI is InChI=1S/C19H25N5O2.2ClH/c1-3-10-24(15-6-9-21-12-15)17(25)11-16-13(2)22-18(23-19(16)26)14-4-7-20-8-5-14;;/h4-5,7-8,15,21H,3,6,9-12H2,1-2H3,(H,22,23,26);2*1H. The van der Waals surface area contributed by atoms with Gasteiger partial charge in [-0.2, -0.15) is 0 Å². The highest BCUT2D eigenvalue weighted by atomic mass is 35.5. The number of carbonyl (C=O) groups is 1. The summed E-state index contributed by atoms with van der Waals surface area (Å²) in [5.41, 5.74) is 1.58. The van der Waals surface area contributed by atoms with E-state index in [0.717, 1.165) is 31.5 Å². The van der Waals surface area contributed by atoms with E-state index in [2.05, 4.69) is 27.2 Å². The van der Waals surface area contributed by atoms with Crippen LogP contribution in [-0.2, 0) is 11.2 Å². The van der Waals surface area contributed by atoms with Crippen molar-refractivity contribution in [2.45, 2.75) is 39.2 Å². The molecule has 1 amide bonds. The van der Waals surface area contributed by atoms with Gasteiger partial charge in [0.2, 0.25) is 5.91 Å². The number of amides is 1. The average molecular weight is 428 g/mol. The van der Waals surface area contributed by atoms with E-state index in [-0.39, 0.29) is 48.7 Å². The zero-order chi connectivity index (χ0) is 18.5. The van der Waals surface area contributed by atoms with Crippen LogP contribution in [0.3, 0.4) is 0 Å². The minimum Gasteiger partial charge on any atom is -0.338 e. The highest BCUT2D eigenvalue weighted by Crippen LogP contribution is 2.15. The molecule has 1 unspecified atom stereocenters. The fourth-order valence-electron chi connectivity index (χ4n) is 3.38. The summed E-state index contributed by atoms with van der Waals surface area (Å²) in [4.78, 5) is 38.6. The first-order chi connectivity index (χ1) is 12.6. The van der Waals surface area contributed by atoms with Gasteiger partial charge in [-0.3, -0.25) is 14.6 Å². The molecule has 3 heterocycles. The molecule has 2 aromatic rings. The van der Waals surface area contributed by atoms with Crippen molar-refractivity contribution in [3.05, 3.63) is 46.1 Å². The summed E-state index contributed by atoms with van der Waals surface area (Å²) < 4.78 is 0. The molecule has 2 aromatic heterocycles. The van der Waals surface area contributed by atoms with Gasteiger partial charge in [0.25, 0.3) is 5.56 Å². The maximum Gasteiger partial charge on any atom is 0.255 e. The van der Waals surface area contributed by atoms with Crippen molar-refractivity contribution in [3.8, 4) is 11.4 Å². The number of aromatic nitrogens is 3. The molecule has 1 fully saturated rings. The lowest BCUT2D eigenvalue weighted by Crippen LogP contribution is -2.43. The van der Waals surface area contributed by atoms with E-state index in [4.69, 9.17) is 0 Å². The maximum atomic E-state index is 12.9. The molecule has 1 aliphatic rings. The van der Waals surface area contributed by atoms with Crippen molar-refractivity contribution in [3.63, 3.8) is 0 Å². The third-order valence-corrected chi connectivity index (χ3v) is 4.76. The molecule has 1 aliphatic heterocycles. The van der Waals surface area contributed by atoms with Gasteiger partial charge in [0, 0.05) is 48.3 Å². The Bertz CT molecular complexity index is 823. The number of hydrogen-bond donors (Lipinski definition) is 2. The first kappa shape index (κ1) is 24.1. The first-order valence-electron chi connectivity index (χ1n) is 9.10. The Morgan fingerprint density at radius 1 is 1.29 bits per heavy atom. The Morgan fingerprint density at radius 2 is 2.00 bits per heavy atom. The Kier molecular flexibility index (Phi) is 9.58. The van der Waals surface area contributed by atoms with Gasteiger partial charge in [-0.05, 0) is 38.4 Å². The van der Waals surface area contributed by atoms with E-state index in [1.54, 1.807) is 31.5 Å². The molecule has 0 saturated carbocycles. The van der Waals surface area contributed by atoms with Crippen LogP contribution in [0.2, 0.25) is 0 Å². The van der Waals surface area contributed by atoms with Crippen molar-refractivity contribution in [1.29, 1.82) is 0 Å². The Labute approximate surface area is 177 Å². The van der Waals surface area contributed by atoms with Crippen LogP contribution in [0, 0.1) is 6.92 Å². The molecule has 0 aromatic carbocycles. The molecule has 7 nitrogen and oxygen atoms in total. The van der Waals surface area contributed by atoms with Gasteiger partial charge < -0.3 is 15.2 Å². The molecular weight excluding hydrogens is 401 g/mol. The summed E-state index contributed by atoms with van der Waals surface area (Å²) in [6.45, 7) is 6.31. The second-order valence-corrected chi connectivity index (χ2v) is 6.62. The summed E-state index contributed by atoms with van der Waals surface area (Å²) >= 11 is 0. The summed E-state index contributed by atoms with van der Waals surface area (Å²) in [5.74, 6) is 0.490. The predicted molar refractivity (Wildman–Crippen MR) is 114 cm³/mol. The number of nitrogens with one attached hydrogen (secondary N) is 2. The molecule has 0 spiro atoms. The van der Waals surface area contributed by atoms with Crippen LogP contribution >= 0.6 is 24.8 Å². The highest BCUT2D eigenvalue weighted by Gasteiger charge is 2.27. The molecule has 28 heavy (non-hydrogen) atoms. The van der Waals surface area contributed by atoms with Crippen LogP contribution in [0.4, 0.5) is 0 Å². The van der Waals surface area contributed by atoms with Gasteiger partial charge in [-0.15, -0.1) is 24.8 Å². The quantitative estimate of drug-likeness (QED) is 0.736. The second-order valence-electron chi connectivity index (χ2n) is 6.62. The van der Waals surface area contributed by atoms with Crippen LogP contribution in [0.15, 0.2) is 29.3 Å². The number of aryl methyl sites for hydroxylation is 1. The highest BCUT2D eigenvalue weighted by molar-refractivity contribution is 5.85. The van der Waals surface area contributed by atoms with Gasteiger partial charge in [0.15, 0.2) is 0 Å². The average Bonchev–Trinajstić information content (AvgIpc) is 3.17. The number of pyridine rings is 1. The van der Waals surface area contributed by atoms with Crippen molar-refractivity contribution < 1.29 is 4.79 Å². The van der Waals surface area contributed by atoms with Crippen LogP contribution in [0.5, 0.6) is 0 Å². The predicted octanol–water partition coefficient (Wildman–Crippen LogP) is 2.13. The Hall–Kier alpha value is -1.96. The first-order valence-corrected chi connectivity index (χ1v) is 9.10. The van der Waals surface area contributed by atoms with Crippen LogP contribution in [-0.4, -0.2) is 51.4 Å². The van der Waals surface area contributed by atoms with E-state index >= 15 is 0 Å². The summed E-state index contributed by atoms with van der Waals surface area (Å²) in [7, 11) is 0. The second kappa shape index (κ2) is 11.1. The van der Waals surface area contributed by atoms with Crippen molar-refractivity contribution >= 4 is 30.7 Å². The van der Waals surface area contributed by atoms with Gasteiger partial charge in [-0.1, -0.05) is 6.92 Å². The molecule has 1 saturated heterocycles. The SMILES string of the molecule is CCCN(C(=O)Cc1c(C)nc(-c2ccncc2)[nH]c1=O)C1CCNC1.Cl.Cl. The van der Waals surface area contributed by atoms with Gasteiger partial charge in [0.1, 0.15) is 5.82 Å². The molecule has 1 atom stereocenters. The van der Waals surface area contributed by atoms with Crippen LogP contribution in [0.1, 0.15) is 31.0 Å². The number of hydrogen-bond acceptors (Lipinski definition) is 5. The smallest absolute Gasteiger partial charge is 0.255 e. The third-order valence-electron chi connectivity index (χ3n) is 4.76. The third kappa shape index (κ3) is 5.53. The van der Waals surface area contributed by atoms with Gasteiger partial charge in [-0.25, -0.2) is 4.98 Å². The van der Waals surface area contributed by atoms with Gasteiger partial charge in [0.05, 0.1) is 6.42 Å². The summed E-state index contributed by atoms with van der Waals surface area (Å²) in [6.07, 6.45) is 5.25. The zero-order valence-electron chi connectivity index (χ0n) is 16.1. The van der Waals surface area contributed by atoms with Crippen molar-refractivity contribution in [1.82, 2.24) is 25.2 Å². The lowest BCUT2D eigenvalue weighted by atomic mass is 10.1. The Balaban J connectivity index is 0.00000196. The van der Waals surface area contributed by atoms with E-state index in [1.807, 2.05) is 4.90 Å². The molecular formula is C19H27Cl2N5O2. The van der Waals surface area contributed by atoms with E-state index < -0.39 is 0 Å². The van der Waals surface area contributed by atoms with Crippen molar-refractivity contribution in [2.24, 2.45) is 0 Å². The molecule has 0 aliphatic carbocycles.